The summed E-state index contributed by atoms with van der Waals surface area (Å²) in [5.74, 6) is 0.945. The maximum absolute atomic E-state index is 11.5. The molecule has 1 N–H and O–H groups in total. The molecule has 0 aliphatic carbocycles. The molecule has 16 heavy (non-hydrogen) atoms. The Bertz CT molecular complexity index is 404. The molecule has 0 spiro atoms. The van der Waals surface area contributed by atoms with Crippen molar-refractivity contribution in [2.75, 3.05) is 25.6 Å². The van der Waals surface area contributed by atoms with Gasteiger partial charge in [0.25, 0.3) is 0 Å². The molecule has 4 nitrogen and oxygen atoms in total. The van der Waals surface area contributed by atoms with Crippen LogP contribution in [0.3, 0.4) is 0 Å². The van der Waals surface area contributed by atoms with Crippen molar-refractivity contribution in [2.45, 2.75) is 12.8 Å². The highest BCUT2D eigenvalue weighted by Crippen LogP contribution is 2.28. The maximum atomic E-state index is 11.5. The molecule has 0 atom stereocenters. The summed E-state index contributed by atoms with van der Waals surface area (Å²) in [5.41, 5.74) is 2.07. The van der Waals surface area contributed by atoms with E-state index in [9.17, 15) is 4.79 Å². The van der Waals surface area contributed by atoms with E-state index >= 15 is 0 Å². The number of aryl methyl sites for hydroxylation is 1. The van der Waals surface area contributed by atoms with Gasteiger partial charge in [-0.15, -0.1) is 0 Å². The molecule has 1 aliphatic rings. The second-order valence-electron chi connectivity index (χ2n) is 3.86. The lowest BCUT2D eigenvalue weighted by atomic mass is 10.1. The first-order valence-electron chi connectivity index (χ1n) is 5.43. The Morgan fingerprint density at radius 2 is 2.31 bits per heavy atom. The number of benzene rings is 1. The van der Waals surface area contributed by atoms with E-state index in [-0.39, 0.29) is 6.03 Å². The first kappa shape index (κ1) is 10.8. The summed E-state index contributed by atoms with van der Waals surface area (Å²) < 4.78 is 5.53. The van der Waals surface area contributed by atoms with Crippen molar-refractivity contribution >= 4 is 11.7 Å². The van der Waals surface area contributed by atoms with E-state index in [1.54, 1.807) is 19.0 Å². The third-order valence-corrected chi connectivity index (χ3v) is 2.80. The van der Waals surface area contributed by atoms with Crippen LogP contribution in [0.4, 0.5) is 10.5 Å². The standard InChI is InChI=1S/C12H16N2O2/c1-13-12(15)14(2)10-5-6-11-9(8-10)4-3-7-16-11/h5-6,8H,3-4,7H2,1-2H3,(H,13,15). The van der Waals surface area contributed by atoms with Crippen LogP contribution in [0.25, 0.3) is 0 Å². The molecule has 0 unspecified atom stereocenters. The summed E-state index contributed by atoms with van der Waals surface area (Å²) in [5, 5.41) is 2.60. The minimum absolute atomic E-state index is 0.114. The van der Waals surface area contributed by atoms with Gasteiger partial charge in [-0.05, 0) is 36.6 Å². The first-order chi connectivity index (χ1) is 7.72. The van der Waals surface area contributed by atoms with E-state index in [1.807, 2.05) is 18.2 Å². The zero-order valence-corrected chi connectivity index (χ0v) is 9.62. The van der Waals surface area contributed by atoms with Gasteiger partial charge in [0.2, 0.25) is 0 Å². The molecule has 4 heteroatoms. The molecule has 1 aromatic carbocycles. The molecular weight excluding hydrogens is 204 g/mol. The Hall–Kier alpha value is -1.71. The number of hydrogen-bond donors (Lipinski definition) is 1. The molecule has 0 saturated carbocycles. The average molecular weight is 220 g/mol. The van der Waals surface area contributed by atoms with Crippen molar-refractivity contribution < 1.29 is 9.53 Å². The highest BCUT2D eigenvalue weighted by atomic mass is 16.5. The zero-order valence-electron chi connectivity index (χ0n) is 9.62. The molecule has 1 aromatic rings. The molecule has 0 radical (unpaired) electrons. The summed E-state index contributed by atoms with van der Waals surface area (Å²) >= 11 is 0. The number of amides is 2. The van der Waals surface area contributed by atoms with E-state index in [2.05, 4.69) is 5.32 Å². The normalized spacial score (nSPS) is 13.6. The number of nitrogens with one attached hydrogen (secondary N) is 1. The number of fused-ring (bicyclic) bond motifs is 1. The lowest BCUT2D eigenvalue weighted by Gasteiger charge is -2.21. The van der Waals surface area contributed by atoms with Gasteiger partial charge in [-0.1, -0.05) is 0 Å². The van der Waals surface area contributed by atoms with Crippen LogP contribution < -0.4 is 15.0 Å². The molecule has 1 aliphatic heterocycles. The van der Waals surface area contributed by atoms with Crippen LogP contribution in [0.2, 0.25) is 0 Å². The number of carbonyl (C=O) groups is 1. The van der Waals surface area contributed by atoms with Crippen LogP contribution in [-0.2, 0) is 6.42 Å². The lowest BCUT2D eigenvalue weighted by Crippen LogP contribution is -2.34. The number of nitrogens with zero attached hydrogens (tertiary/aromatic N) is 1. The van der Waals surface area contributed by atoms with Gasteiger partial charge in [-0.3, -0.25) is 4.90 Å². The number of carbonyl (C=O) groups excluding carboxylic acids is 1. The second-order valence-corrected chi connectivity index (χ2v) is 3.86. The number of rotatable bonds is 1. The first-order valence-corrected chi connectivity index (χ1v) is 5.43. The minimum atomic E-state index is -0.114. The molecule has 0 saturated heterocycles. The minimum Gasteiger partial charge on any atom is -0.493 e. The van der Waals surface area contributed by atoms with Crippen LogP contribution >= 0.6 is 0 Å². The molecule has 0 bridgehead atoms. The number of anilines is 1. The van der Waals surface area contributed by atoms with Crippen molar-refractivity contribution in [3.63, 3.8) is 0 Å². The number of hydrogen-bond acceptors (Lipinski definition) is 2. The van der Waals surface area contributed by atoms with Gasteiger partial charge in [0.15, 0.2) is 0 Å². The van der Waals surface area contributed by atoms with Crippen LogP contribution in [0.1, 0.15) is 12.0 Å². The van der Waals surface area contributed by atoms with Crippen molar-refractivity contribution in [2.24, 2.45) is 0 Å². The molecule has 0 aromatic heterocycles. The van der Waals surface area contributed by atoms with Crippen molar-refractivity contribution in [1.82, 2.24) is 5.32 Å². The fourth-order valence-corrected chi connectivity index (χ4v) is 1.84. The topological polar surface area (TPSA) is 41.6 Å². The Balaban J connectivity index is 2.26. The molecule has 2 rings (SSSR count). The second kappa shape index (κ2) is 4.43. The predicted octanol–water partition coefficient (Wildman–Crippen LogP) is 1.79. The summed E-state index contributed by atoms with van der Waals surface area (Å²) in [6, 6.07) is 5.74. The number of urea groups is 1. The van der Waals surface area contributed by atoms with E-state index in [0.717, 1.165) is 30.9 Å². The van der Waals surface area contributed by atoms with Crippen LogP contribution in [-0.4, -0.2) is 26.7 Å². The highest BCUT2D eigenvalue weighted by Gasteiger charge is 2.14. The predicted molar refractivity (Wildman–Crippen MR) is 63.1 cm³/mol. The third kappa shape index (κ3) is 1.96. The molecule has 2 amide bonds. The smallest absolute Gasteiger partial charge is 0.321 e. The monoisotopic (exact) mass is 220 g/mol. The molecule has 86 valence electrons. The average Bonchev–Trinajstić information content (AvgIpc) is 2.36. The van der Waals surface area contributed by atoms with Gasteiger partial charge >= 0.3 is 6.03 Å². The Morgan fingerprint density at radius 1 is 1.50 bits per heavy atom. The highest BCUT2D eigenvalue weighted by molar-refractivity contribution is 5.91. The van der Waals surface area contributed by atoms with Crippen LogP contribution in [0.5, 0.6) is 5.75 Å². The summed E-state index contributed by atoms with van der Waals surface area (Å²) in [6.45, 7) is 0.789. The molecule has 0 fully saturated rings. The molecule has 1 heterocycles. The Labute approximate surface area is 95.2 Å². The Morgan fingerprint density at radius 3 is 3.06 bits per heavy atom. The summed E-state index contributed by atoms with van der Waals surface area (Å²) in [6.07, 6.45) is 2.06. The van der Waals surface area contributed by atoms with Gasteiger partial charge in [0, 0.05) is 19.8 Å². The van der Waals surface area contributed by atoms with Crippen molar-refractivity contribution in [3.8, 4) is 5.75 Å². The van der Waals surface area contributed by atoms with Crippen molar-refractivity contribution in [1.29, 1.82) is 0 Å². The third-order valence-electron chi connectivity index (χ3n) is 2.80. The number of ether oxygens (including phenoxy) is 1. The van der Waals surface area contributed by atoms with Crippen molar-refractivity contribution in [3.05, 3.63) is 23.8 Å². The van der Waals surface area contributed by atoms with E-state index in [0.29, 0.717) is 0 Å². The largest absolute Gasteiger partial charge is 0.493 e. The van der Waals surface area contributed by atoms with Crippen LogP contribution in [0, 0.1) is 0 Å². The maximum Gasteiger partial charge on any atom is 0.321 e. The van der Waals surface area contributed by atoms with Gasteiger partial charge in [-0.2, -0.15) is 0 Å². The van der Waals surface area contributed by atoms with E-state index in [1.165, 1.54) is 5.56 Å². The SMILES string of the molecule is CNC(=O)N(C)c1ccc2c(c1)CCCO2. The summed E-state index contributed by atoms with van der Waals surface area (Å²) in [4.78, 5) is 13.1. The Kier molecular flexibility index (Phi) is 2.99. The van der Waals surface area contributed by atoms with Gasteiger partial charge in [-0.25, -0.2) is 4.79 Å². The summed E-state index contributed by atoms with van der Waals surface area (Å²) in [7, 11) is 3.38. The lowest BCUT2D eigenvalue weighted by molar-refractivity contribution is 0.249. The van der Waals surface area contributed by atoms with Gasteiger partial charge in [0.05, 0.1) is 6.61 Å². The van der Waals surface area contributed by atoms with Crippen LogP contribution in [0.15, 0.2) is 18.2 Å². The van der Waals surface area contributed by atoms with Gasteiger partial charge in [0.1, 0.15) is 5.75 Å². The molecular formula is C12H16N2O2. The van der Waals surface area contributed by atoms with Gasteiger partial charge < -0.3 is 10.1 Å². The fraction of sp³-hybridized carbons (Fsp3) is 0.417. The van der Waals surface area contributed by atoms with E-state index < -0.39 is 0 Å². The van der Waals surface area contributed by atoms with E-state index in [4.69, 9.17) is 4.74 Å². The quantitative estimate of drug-likeness (QED) is 0.784. The fourth-order valence-electron chi connectivity index (χ4n) is 1.84. The zero-order chi connectivity index (χ0) is 11.5.